The second-order valence-corrected chi connectivity index (χ2v) is 5.16. The quantitative estimate of drug-likeness (QED) is 0.600. The Hall–Kier alpha value is -0.330. The smallest absolute Gasteiger partial charge is 0.139 e. The van der Waals surface area contributed by atoms with Gasteiger partial charge in [-0.3, -0.25) is 4.79 Å². The van der Waals surface area contributed by atoms with Gasteiger partial charge in [-0.05, 0) is 25.2 Å². The summed E-state index contributed by atoms with van der Waals surface area (Å²) in [5.74, 6) is 1.99. The summed E-state index contributed by atoms with van der Waals surface area (Å²) >= 11 is 0. The molecule has 0 aromatic heterocycles. The Labute approximate surface area is 94.6 Å². The number of unbranched alkanes of at least 4 members (excludes halogenated alkanes) is 2. The number of ketones is 1. The molecule has 1 aliphatic carbocycles. The number of carbonyl (C=O) groups excluding carboxylic acids is 1. The molecule has 88 valence electrons. The van der Waals surface area contributed by atoms with Crippen molar-refractivity contribution in [3.05, 3.63) is 0 Å². The van der Waals surface area contributed by atoms with Crippen molar-refractivity contribution in [3.8, 4) is 0 Å². The van der Waals surface area contributed by atoms with Gasteiger partial charge in [0.1, 0.15) is 5.78 Å². The van der Waals surface area contributed by atoms with E-state index in [0.29, 0.717) is 23.5 Å². The summed E-state index contributed by atoms with van der Waals surface area (Å²) < 4.78 is 0. The van der Waals surface area contributed by atoms with E-state index in [9.17, 15) is 4.79 Å². The molecule has 1 nitrogen and oxygen atoms in total. The lowest BCUT2D eigenvalue weighted by Gasteiger charge is -2.16. The van der Waals surface area contributed by atoms with E-state index in [1.165, 1.54) is 19.3 Å². The van der Waals surface area contributed by atoms with Crippen LogP contribution in [-0.4, -0.2) is 5.78 Å². The standard InChI is InChI=1S/C14H26O/c1-4-6-7-8-12-9-10-13(14(12)15)11(3)5-2/h11-13H,4-10H2,1-3H3. The van der Waals surface area contributed by atoms with Crippen molar-refractivity contribution in [3.63, 3.8) is 0 Å². The average Bonchev–Trinajstić information content (AvgIpc) is 2.60. The lowest BCUT2D eigenvalue weighted by atomic mass is 9.88. The lowest BCUT2D eigenvalue weighted by molar-refractivity contribution is -0.125. The van der Waals surface area contributed by atoms with Gasteiger partial charge in [0.05, 0.1) is 0 Å². The molecule has 0 N–H and O–H groups in total. The van der Waals surface area contributed by atoms with Gasteiger partial charge in [0.2, 0.25) is 0 Å². The molecule has 0 bridgehead atoms. The molecule has 0 amide bonds. The molecule has 1 saturated carbocycles. The third-order valence-corrected chi connectivity index (χ3v) is 4.08. The predicted octanol–water partition coefficient (Wildman–Crippen LogP) is 4.21. The minimum Gasteiger partial charge on any atom is -0.299 e. The first-order valence-electron chi connectivity index (χ1n) is 6.74. The van der Waals surface area contributed by atoms with Gasteiger partial charge in [0, 0.05) is 11.8 Å². The molecule has 0 aliphatic heterocycles. The van der Waals surface area contributed by atoms with E-state index in [0.717, 1.165) is 25.7 Å². The Morgan fingerprint density at radius 3 is 2.60 bits per heavy atom. The monoisotopic (exact) mass is 210 g/mol. The highest BCUT2D eigenvalue weighted by molar-refractivity contribution is 5.85. The molecule has 1 aliphatic rings. The number of hydrogen-bond donors (Lipinski definition) is 0. The highest BCUT2D eigenvalue weighted by atomic mass is 16.1. The Kier molecular flexibility index (Phi) is 5.35. The first kappa shape index (κ1) is 12.7. The summed E-state index contributed by atoms with van der Waals surface area (Å²) in [4.78, 5) is 12.1. The van der Waals surface area contributed by atoms with Crippen LogP contribution in [0.1, 0.15) is 65.7 Å². The Morgan fingerprint density at radius 1 is 1.27 bits per heavy atom. The lowest BCUT2D eigenvalue weighted by Crippen LogP contribution is -2.19. The zero-order valence-electron chi connectivity index (χ0n) is 10.6. The minimum atomic E-state index is 0.390. The van der Waals surface area contributed by atoms with Gasteiger partial charge < -0.3 is 0 Å². The van der Waals surface area contributed by atoms with Crippen molar-refractivity contribution in [2.75, 3.05) is 0 Å². The summed E-state index contributed by atoms with van der Waals surface area (Å²) in [6.45, 7) is 6.65. The van der Waals surface area contributed by atoms with Crippen LogP contribution < -0.4 is 0 Å². The molecular formula is C14H26O. The number of carbonyl (C=O) groups is 1. The van der Waals surface area contributed by atoms with Crippen LogP contribution in [0, 0.1) is 17.8 Å². The van der Waals surface area contributed by atoms with Gasteiger partial charge >= 0.3 is 0 Å². The van der Waals surface area contributed by atoms with Crippen molar-refractivity contribution in [2.24, 2.45) is 17.8 Å². The van der Waals surface area contributed by atoms with E-state index in [-0.39, 0.29) is 0 Å². The van der Waals surface area contributed by atoms with E-state index in [2.05, 4.69) is 20.8 Å². The second-order valence-electron chi connectivity index (χ2n) is 5.16. The fourth-order valence-corrected chi connectivity index (χ4v) is 2.74. The first-order chi connectivity index (χ1) is 7.20. The van der Waals surface area contributed by atoms with Crippen LogP contribution in [-0.2, 0) is 4.79 Å². The highest BCUT2D eigenvalue weighted by Gasteiger charge is 2.35. The van der Waals surface area contributed by atoms with Crippen LogP contribution >= 0.6 is 0 Å². The maximum absolute atomic E-state index is 12.1. The highest BCUT2D eigenvalue weighted by Crippen LogP contribution is 2.36. The van der Waals surface area contributed by atoms with Gasteiger partial charge in [-0.1, -0.05) is 46.5 Å². The zero-order valence-corrected chi connectivity index (χ0v) is 10.6. The third-order valence-electron chi connectivity index (χ3n) is 4.08. The molecule has 1 fully saturated rings. The molecule has 1 heteroatoms. The van der Waals surface area contributed by atoms with Gasteiger partial charge in [0.15, 0.2) is 0 Å². The Balaban J connectivity index is 2.35. The van der Waals surface area contributed by atoms with Crippen molar-refractivity contribution in [2.45, 2.75) is 65.7 Å². The van der Waals surface area contributed by atoms with Crippen molar-refractivity contribution in [1.82, 2.24) is 0 Å². The minimum absolute atomic E-state index is 0.390. The maximum Gasteiger partial charge on any atom is 0.139 e. The summed E-state index contributed by atoms with van der Waals surface area (Å²) in [6, 6.07) is 0. The molecule has 15 heavy (non-hydrogen) atoms. The largest absolute Gasteiger partial charge is 0.299 e. The van der Waals surface area contributed by atoms with Gasteiger partial charge in [-0.25, -0.2) is 0 Å². The molecule has 0 aromatic carbocycles. The molecule has 0 saturated heterocycles. The first-order valence-corrected chi connectivity index (χ1v) is 6.74. The van der Waals surface area contributed by atoms with Gasteiger partial charge in [-0.15, -0.1) is 0 Å². The zero-order chi connectivity index (χ0) is 11.3. The Bertz CT molecular complexity index is 198. The number of rotatable bonds is 6. The second kappa shape index (κ2) is 6.30. The fraction of sp³-hybridized carbons (Fsp3) is 0.929. The summed E-state index contributed by atoms with van der Waals surface area (Å²) in [5.41, 5.74) is 0. The molecule has 3 atom stereocenters. The van der Waals surface area contributed by atoms with E-state index >= 15 is 0 Å². The van der Waals surface area contributed by atoms with Crippen molar-refractivity contribution >= 4 is 5.78 Å². The molecule has 0 radical (unpaired) electrons. The summed E-state index contributed by atoms with van der Waals surface area (Å²) in [7, 11) is 0. The van der Waals surface area contributed by atoms with Crippen LogP contribution in [0.25, 0.3) is 0 Å². The molecule has 0 spiro atoms. The van der Waals surface area contributed by atoms with Crippen molar-refractivity contribution < 1.29 is 4.79 Å². The van der Waals surface area contributed by atoms with Crippen LogP contribution in [0.15, 0.2) is 0 Å². The summed E-state index contributed by atoms with van der Waals surface area (Å²) in [5, 5.41) is 0. The number of Topliss-reactive ketones (excluding diaryl/α,β-unsaturated/α-hetero) is 1. The van der Waals surface area contributed by atoms with E-state index < -0.39 is 0 Å². The summed E-state index contributed by atoms with van der Waals surface area (Å²) in [6.07, 6.45) is 8.42. The molecule has 0 aromatic rings. The van der Waals surface area contributed by atoms with Crippen LogP contribution in [0.2, 0.25) is 0 Å². The molecule has 1 rings (SSSR count). The van der Waals surface area contributed by atoms with Crippen LogP contribution in [0.4, 0.5) is 0 Å². The number of hydrogen-bond acceptors (Lipinski definition) is 1. The predicted molar refractivity (Wildman–Crippen MR) is 64.8 cm³/mol. The van der Waals surface area contributed by atoms with Crippen LogP contribution in [0.3, 0.4) is 0 Å². The SMILES string of the molecule is CCCCCC1CCC(C(C)CC)C1=O. The fourth-order valence-electron chi connectivity index (χ4n) is 2.74. The molecular weight excluding hydrogens is 184 g/mol. The molecule has 3 unspecified atom stereocenters. The molecule has 0 heterocycles. The normalized spacial score (nSPS) is 28.3. The van der Waals surface area contributed by atoms with E-state index in [4.69, 9.17) is 0 Å². The van der Waals surface area contributed by atoms with Crippen LogP contribution in [0.5, 0.6) is 0 Å². The third kappa shape index (κ3) is 3.32. The Morgan fingerprint density at radius 2 is 2.00 bits per heavy atom. The van der Waals surface area contributed by atoms with Gasteiger partial charge in [0.25, 0.3) is 0 Å². The topological polar surface area (TPSA) is 17.1 Å². The van der Waals surface area contributed by atoms with Gasteiger partial charge in [-0.2, -0.15) is 0 Å². The van der Waals surface area contributed by atoms with Crippen molar-refractivity contribution in [1.29, 1.82) is 0 Å². The van der Waals surface area contributed by atoms with E-state index in [1.807, 2.05) is 0 Å². The maximum atomic E-state index is 12.1. The van der Waals surface area contributed by atoms with E-state index in [1.54, 1.807) is 0 Å². The average molecular weight is 210 g/mol.